The van der Waals surface area contributed by atoms with Gasteiger partial charge in [0.2, 0.25) is 5.91 Å². The van der Waals surface area contributed by atoms with Gasteiger partial charge in [0.25, 0.3) is 0 Å². The fraction of sp³-hybridized carbons (Fsp3) is 0.440. The lowest BCUT2D eigenvalue weighted by molar-refractivity contribution is -0.129. The largest absolute Gasteiger partial charge is 0.488 e. The third kappa shape index (κ3) is 8.90. The zero-order valence-electron chi connectivity index (χ0n) is 18.6. The second-order valence-corrected chi connectivity index (χ2v) is 7.96. The highest BCUT2D eigenvalue weighted by Gasteiger charge is 2.12. The Kier molecular flexibility index (Phi) is 10.8. The molecular formula is C25H34N2O4. The molecule has 0 radical (unpaired) electrons. The van der Waals surface area contributed by atoms with Crippen molar-refractivity contribution >= 4 is 22.5 Å². The summed E-state index contributed by atoms with van der Waals surface area (Å²) < 4.78 is 6.07. The molecule has 6 nitrogen and oxygen atoms in total. The van der Waals surface area contributed by atoms with Crippen LogP contribution in [0.3, 0.4) is 0 Å². The van der Waals surface area contributed by atoms with Gasteiger partial charge in [-0.25, -0.2) is 5.48 Å². The second kappa shape index (κ2) is 13.6. The SMILES string of the molecule is CN(C)CCCCC(=O)/C(=C/CCCCC(=O)NO)COc1cccc2ccccc12. The van der Waals surface area contributed by atoms with Crippen molar-refractivity contribution < 1.29 is 19.5 Å². The van der Waals surface area contributed by atoms with E-state index in [0.717, 1.165) is 42.3 Å². The maximum absolute atomic E-state index is 12.8. The Bertz CT molecular complexity index is 871. The summed E-state index contributed by atoms with van der Waals surface area (Å²) in [5, 5.41) is 10.7. The van der Waals surface area contributed by atoms with Gasteiger partial charge in [-0.3, -0.25) is 14.8 Å². The van der Waals surface area contributed by atoms with Crippen LogP contribution in [0.2, 0.25) is 0 Å². The summed E-state index contributed by atoms with van der Waals surface area (Å²) in [4.78, 5) is 26.1. The predicted molar refractivity (Wildman–Crippen MR) is 123 cm³/mol. The molecule has 0 aliphatic heterocycles. The minimum atomic E-state index is -0.388. The molecule has 0 spiro atoms. The zero-order valence-corrected chi connectivity index (χ0v) is 18.6. The van der Waals surface area contributed by atoms with E-state index in [9.17, 15) is 9.59 Å². The molecule has 1 amide bonds. The van der Waals surface area contributed by atoms with E-state index >= 15 is 0 Å². The van der Waals surface area contributed by atoms with Crippen molar-refractivity contribution in [3.63, 3.8) is 0 Å². The van der Waals surface area contributed by atoms with E-state index in [1.807, 2.05) is 62.6 Å². The number of fused-ring (bicyclic) bond motifs is 1. The average Bonchev–Trinajstić information content (AvgIpc) is 2.78. The summed E-state index contributed by atoms with van der Waals surface area (Å²) in [6, 6.07) is 13.9. The van der Waals surface area contributed by atoms with Crippen LogP contribution < -0.4 is 10.2 Å². The first-order valence-corrected chi connectivity index (χ1v) is 10.9. The van der Waals surface area contributed by atoms with Gasteiger partial charge in [-0.15, -0.1) is 0 Å². The lowest BCUT2D eigenvalue weighted by Crippen LogP contribution is -2.17. The van der Waals surface area contributed by atoms with Gasteiger partial charge >= 0.3 is 0 Å². The number of hydrogen-bond acceptors (Lipinski definition) is 5. The molecular weight excluding hydrogens is 392 g/mol. The van der Waals surface area contributed by atoms with Gasteiger partial charge in [0.1, 0.15) is 12.4 Å². The quantitative estimate of drug-likeness (QED) is 0.201. The van der Waals surface area contributed by atoms with E-state index in [0.29, 0.717) is 24.8 Å². The Hall–Kier alpha value is -2.70. The first kappa shape index (κ1) is 24.6. The van der Waals surface area contributed by atoms with Crippen molar-refractivity contribution in [1.29, 1.82) is 0 Å². The lowest BCUT2D eigenvalue weighted by atomic mass is 10.0. The minimum Gasteiger partial charge on any atom is -0.488 e. The molecule has 168 valence electrons. The molecule has 0 saturated heterocycles. The van der Waals surface area contributed by atoms with Gasteiger partial charge in [0.05, 0.1) is 0 Å². The van der Waals surface area contributed by atoms with E-state index < -0.39 is 0 Å². The Balaban J connectivity index is 1.99. The van der Waals surface area contributed by atoms with Crippen LogP contribution in [-0.4, -0.2) is 49.0 Å². The molecule has 2 aromatic carbocycles. The van der Waals surface area contributed by atoms with Crippen molar-refractivity contribution in [2.75, 3.05) is 27.2 Å². The number of nitrogens with zero attached hydrogens (tertiary/aromatic N) is 1. The molecule has 2 aromatic rings. The van der Waals surface area contributed by atoms with Crippen LogP contribution >= 0.6 is 0 Å². The lowest BCUT2D eigenvalue weighted by Gasteiger charge is -2.13. The molecule has 0 aromatic heterocycles. The number of amides is 1. The van der Waals surface area contributed by atoms with Crippen molar-refractivity contribution in [2.45, 2.75) is 44.9 Å². The normalized spacial score (nSPS) is 11.7. The molecule has 0 atom stereocenters. The van der Waals surface area contributed by atoms with E-state index in [4.69, 9.17) is 9.94 Å². The summed E-state index contributed by atoms with van der Waals surface area (Å²) >= 11 is 0. The maximum atomic E-state index is 12.8. The molecule has 2 rings (SSSR count). The Morgan fingerprint density at radius 2 is 1.74 bits per heavy atom. The molecule has 2 N–H and O–H groups in total. The van der Waals surface area contributed by atoms with Crippen LogP contribution in [-0.2, 0) is 9.59 Å². The topological polar surface area (TPSA) is 78.9 Å². The summed E-state index contributed by atoms with van der Waals surface area (Å²) in [6.45, 7) is 1.20. The van der Waals surface area contributed by atoms with Crippen molar-refractivity contribution in [1.82, 2.24) is 10.4 Å². The molecule has 0 saturated carbocycles. The number of rotatable bonds is 14. The number of ether oxygens (including phenoxy) is 1. The number of Topliss-reactive ketones (excluding diaryl/α,β-unsaturated/α-hetero) is 1. The van der Waals surface area contributed by atoms with Gasteiger partial charge in [-0.1, -0.05) is 42.5 Å². The van der Waals surface area contributed by atoms with Gasteiger partial charge in [0.15, 0.2) is 5.78 Å². The number of allylic oxidation sites excluding steroid dienone is 1. The van der Waals surface area contributed by atoms with Crippen molar-refractivity contribution in [3.05, 3.63) is 54.1 Å². The number of carbonyl (C=O) groups excluding carboxylic acids is 2. The van der Waals surface area contributed by atoms with Crippen LogP contribution in [0.1, 0.15) is 44.9 Å². The number of nitrogens with one attached hydrogen (secondary N) is 1. The molecule has 0 aliphatic carbocycles. The highest BCUT2D eigenvalue weighted by Crippen LogP contribution is 2.25. The van der Waals surface area contributed by atoms with Crippen LogP contribution in [0.25, 0.3) is 10.8 Å². The van der Waals surface area contributed by atoms with Crippen LogP contribution in [0.5, 0.6) is 5.75 Å². The second-order valence-electron chi connectivity index (χ2n) is 7.96. The van der Waals surface area contributed by atoms with E-state index in [1.165, 1.54) is 0 Å². The smallest absolute Gasteiger partial charge is 0.243 e. The van der Waals surface area contributed by atoms with Crippen LogP contribution in [0.4, 0.5) is 0 Å². The third-order valence-corrected chi connectivity index (χ3v) is 5.12. The van der Waals surface area contributed by atoms with Crippen LogP contribution in [0.15, 0.2) is 54.1 Å². The fourth-order valence-corrected chi connectivity index (χ4v) is 3.37. The van der Waals surface area contributed by atoms with Crippen molar-refractivity contribution in [3.8, 4) is 5.75 Å². The number of hydroxylamine groups is 1. The number of unbranched alkanes of at least 4 members (excludes halogenated alkanes) is 3. The molecule has 0 bridgehead atoms. The van der Waals surface area contributed by atoms with E-state index in [1.54, 1.807) is 5.48 Å². The summed E-state index contributed by atoms with van der Waals surface area (Å²) in [6.07, 6.45) is 6.64. The Labute approximate surface area is 184 Å². The molecule has 0 aliphatic rings. The number of carbonyl (C=O) groups is 2. The third-order valence-electron chi connectivity index (χ3n) is 5.12. The van der Waals surface area contributed by atoms with Gasteiger partial charge in [-0.2, -0.15) is 0 Å². The standard InChI is InChI=1S/C25H34N2O4/c1-27(2)18-9-8-15-23(28)21(12-4-3-5-17-25(29)26-30)19-31-24-16-10-13-20-11-6-7-14-22(20)24/h6-7,10-14,16,30H,3-5,8-9,15,17-19H2,1-2H3,(H,26,29)/b21-12+. The molecule has 0 fully saturated rings. The molecule has 31 heavy (non-hydrogen) atoms. The molecule has 0 unspecified atom stereocenters. The Morgan fingerprint density at radius 3 is 2.52 bits per heavy atom. The minimum absolute atomic E-state index is 0.118. The Morgan fingerprint density at radius 1 is 1.00 bits per heavy atom. The van der Waals surface area contributed by atoms with Gasteiger partial charge in [-0.05, 0) is 64.2 Å². The predicted octanol–water partition coefficient (Wildman–Crippen LogP) is 4.51. The monoisotopic (exact) mass is 426 g/mol. The molecule has 6 heteroatoms. The van der Waals surface area contributed by atoms with E-state index in [2.05, 4.69) is 4.90 Å². The van der Waals surface area contributed by atoms with E-state index in [-0.39, 0.29) is 24.7 Å². The summed E-state index contributed by atoms with van der Waals surface area (Å²) in [5.41, 5.74) is 2.33. The fourth-order valence-electron chi connectivity index (χ4n) is 3.37. The summed E-state index contributed by atoms with van der Waals surface area (Å²) in [7, 11) is 4.06. The van der Waals surface area contributed by atoms with Gasteiger partial charge in [0, 0.05) is 23.8 Å². The van der Waals surface area contributed by atoms with Crippen LogP contribution in [0, 0.1) is 0 Å². The average molecular weight is 427 g/mol. The highest BCUT2D eigenvalue weighted by atomic mass is 16.5. The zero-order chi connectivity index (χ0) is 22.5. The summed E-state index contributed by atoms with van der Waals surface area (Å²) in [5.74, 6) is 0.497. The number of hydrogen-bond donors (Lipinski definition) is 2. The number of benzene rings is 2. The first-order valence-electron chi connectivity index (χ1n) is 10.9. The molecule has 0 heterocycles. The number of ketones is 1. The van der Waals surface area contributed by atoms with Gasteiger partial charge < -0.3 is 9.64 Å². The van der Waals surface area contributed by atoms with Crippen molar-refractivity contribution in [2.24, 2.45) is 0 Å². The highest BCUT2D eigenvalue weighted by molar-refractivity contribution is 5.95. The maximum Gasteiger partial charge on any atom is 0.243 e. The first-order chi connectivity index (χ1) is 15.0.